The Morgan fingerprint density at radius 3 is 2.68 bits per heavy atom. The molecule has 4 rings (SSSR count). The minimum Gasteiger partial charge on any atom is -0.323 e. The Hall–Kier alpha value is -2.38. The molecule has 28 heavy (non-hydrogen) atoms. The molecule has 1 spiro atoms. The molecule has 0 radical (unpaired) electrons. The lowest BCUT2D eigenvalue weighted by molar-refractivity contribution is -0.135. The highest BCUT2D eigenvalue weighted by molar-refractivity contribution is 6.10. The molecule has 1 aromatic rings. The van der Waals surface area contributed by atoms with Gasteiger partial charge in [0.25, 0.3) is 5.91 Å². The molecule has 3 fully saturated rings. The Balaban J connectivity index is 1.39. The largest absolute Gasteiger partial charge is 0.325 e. The highest BCUT2D eigenvalue weighted by atomic mass is 16.2. The van der Waals surface area contributed by atoms with E-state index in [1.54, 1.807) is 12.3 Å². The summed E-state index contributed by atoms with van der Waals surface area (Å²) >= 11 is 0. The first-order chi connectivity index (χ1) is 13.4. The zero-order valence-electron chi connectivity index (χ0n) is 16.6. The van der Waals surface area contributed by atoms with Crippen molar-refractivity contribution in [1.29, 1.82) is 0 Å². The molecule has 0 bridgehead atoms. The van der Waals surface area contributed by atoms with E-state index in [1.165, 1.54) is 12.8 Å². The maximum atomic E-state index is 12.9. The Morgan fingerprint density at radius 1 is 1.32 bits per heavy atom. The molecule has 1 unspecified atom stereocenters. The van der Waals surface area contributed by atoms with E-state index < -0.39 is 11.6 Å². The summed E-state index contributed by atoms with van der Waals surface area (Å²) in [6.45, 7) is 3.98. The van der Waals surface area contributed by atoms with E-state index in [2.05, 4.69) is 29.6 Å². The van der Waals surface area contributed by atoms with Gasteiger partial charge in [0.2, 0.25) is 5.91 Å². The lowest BCUT2D eigenvalue weighted by Crippen LogP contribution is -2.49. The van der Waals surface area contributed by atoms with Crippen LogP contribution in [0.5, 0.6) is 0 Å². The summed E-state index contributed by atoms with van der Waals surface area (Å²) in [7, 11) is 0. The molecule has 1 aromatic heterocycles. The number of amides is 4. The summed E-state index contributed by atoms with van der Waals surface area (Å²) in [5.41, 5.74) is -0.814. The summed E-state index contributed by atoms with van der Waals surface area (Å²) in [5.74, 6) is 1.17. The highest BCUT2D eigenvalue weighted by Crippen LogP contribution is 2.40. The van der Waals surface area contributed by atoms with Crippen molar-refractivity contribution in [2.75, 3.05) is 11.9 Å². The van der Waals surface area contributed by atoms with Crippen LogP contribution in [0.15, 0.2) is 12.3 Å². The Morgan fingerprint density at radius 2 is 2.04 bits per heavy atom. The van der Waals surface area contributed by atoms with Gasteiger partial charge < -0.3 is 10.6 Å². The SMILES string of the molecule is CCC1CCC2(CC1)NC(=O)N(CC(=O)Nc1ccnn1C(C)C1CC1)C2=O. The number of hydrogen-bond donors (Lipinski definition) is 2. The first kappa shape index (κ1) is 19.0. The predicted molar refractivity (Wildman–Crippen MR) is 104 cm³/mol. The lowest BCUT2D eigenvalue weighted by Gasteiger charge is -2.34. The molecule has 3 aliphatic rings. The molecule has 1 saturated heterocycles. The van der Waals surface area contributed by atoms with E-state index in [-0.39, 0.29) is 24.4 Å². The summed E-state index contributed by atoms with van der Waals surface area (Å²) in [6.07, 6.45) is 8.28. The van der Waals surface area contributed by atoms with Crippen LogP contribution in [0.4, 0.5) is 10.6 Å². The van der Waals surface area contributed by atoms with E-state index in [0.29, 0.717) is 30.5 Å². The smallest absolute Gasteiger partial charge is 0.323 e. The molecule has 0 aromatic carbocycles. The van der Waals surface area contributed by atoms with Gasteiger partial charge in [-0.1, -0.05) is 13.3 Å². The van der Waals surface area contributed by atoms with E-state index in [1.807, 2.05) is 4.68 Å². The number of urea groups is 1. The molecule has 2 aliphatic carbocycles. The monoisotopic (exact) mass is 387 g/mol. The van der Waals surface area contributed by atoms with Gasteiger partial charge in [-0.3, -0.25) is 14.5 Å². The lowest BCUT2D eigenvalue weighted by atomic mass is 9.75. The van der Waals surface area contributed by atoms with Gasteiger partial charge in [-0.2, -0.15) is 5.10 Å². The third-order valence-electron chi connectivity index (χ3n) is 6.71. The van der Waals surface area contributed by atoms with Gasteiger partial charge >= 0.3 is 6.03 Å². The number of carbonyl (C=O) groups excluding carboxylic acids is 3. The minimum absolute atomic E-state index is 0.221. The zero-order chi connectivity index (χ0) is 19.9. The quantitative estimate of drug-likeness (QED) is 0.734. The van der Waals surface area contributed by atoms with Crippen LogP contribution in [0.3, 0.4) is 0 Å². The number of rotatable bonds is 6. The zero-order valence-corrected chi connectivity index (χ0v) is 16.6. The molecule has 2 heterocycles. The topological polar surface area (TPSA) is 96.3 Å². The second-order valence-electron chi connectivity index (χ2n) is 8.54. The molecule has 2 saturated carbocycles. The van der Waals surface area contributed by atoms with Gasteiger partial charge in [0.1, 0.15) is 17.9 Å². The first-order valence-corrected chi connectivity index (χ1v) is 10.4. The van der Waals surface area contributed by atoms with Gasteiger partial charge in [-0.05, 0) is 57.3 Å². The molecule has 152 valence electrons. The van der Waals surface area contributed by atoms with Crippen LogP contribution in [-0.2, 0) is 9.59 Å². The van der Waals surface area contributed by atoms with Crippen molar-refractivity contribution >= 4 is 23.7 Å². The van der Waals surface area contributed by atoms with Gasteiger partial charge in [-0.25, -0.2) is 9.48 Å². The Labute approximate surface area is 165 Å². The molecule has 8 heteroatoms. The number of hydrogen-bond acceptors (Lipinski definition) is 4. The number of nitrogens with zero attached hydrogens (tertiary/aromatic N) is 3. The summed E-state index contributed by atoms with van der Waals surface area (Å²) < 4.78 is 1.81. The average molecular weight is 387 g/mol. The first-order valence-electron chi connectivity index (χ1n) is 10.4. The molecular formula is C20H29N5O3. The Kier molecular flexibility index (Phi) is 4.89. The van der Waals surface area contributed by atoms with Gasteiger partial charge in [0.05, 0.1) is 12.2 Å². The minimum atomic E-state index is -0.814. The van der Waals surface area contributed by atoms with Crippen molar-refractivity contribution < 1.29 is 14.4 Å². The van der Waals surface area contributed by atoms with Gasteiger partial charge in [-0.15, -0.1) is 0 Å². The van der Waals surface area contributed by atoms with Crippen LogP contribution in [0.2, 0.25) is 0 Å². The second kappa shape index (κ2) is 7.22. The van der Waals surface area contributed by atoms with Crippen molar-refractivity contribution in [2.24, 2.45) is 11.8 Å². The number of imide groups is 1. The second-order valence-corrected chi connectivity index (χ2v) is 8.54. The fourth-order valence-electron chi connectivity index (χ4n) is 4.58. The summed E-state index contributed by atoms with van der Waals surface area (Å²) in [6, 6.07) is 1.50. The number of nitrogens with one attached hydrogen (secondary N) is 2. The van der Waals surface area contributed by atoms with Crippen LogP contribution in [0.1, 0.15) is 64.8 Å². The van der Waals surface area contributed by atoms with Crippen molar-refractivity contribution in [3.63, 3.8) is 0 Å². The van der Waals surface area contributed by atoms with Crippen molar-refractivity contribution in [1.82, 2.24) is 20.0 Å². The standard InChI is InChI=1S/C20H29N5O3/c1-3-14-6-9-20(10-7-14)18(27)24(19(28)23-20)12-17(26)22-16-8-11-21-25(16)13(2)15-4-5-15/h8,11,13-15H,3-7,9-10,12H2,1-2H3,(H,22,26)(H,23,28). The molecule has 4 amide bonds. The molecular weight excluding hydrogens is 358 g/mol. The predicted octanol–water partition coefficient (Wildman–Crippen LogP) is 2.68. The Bertz CT molecular complexity index is 777. The van der Waals surface area contributed by atoms with Crippen LogP contribution >= 0.6 is 0 Å². The van der Waals surface area contributed by atoms with E-state index >= 15 is 0 Å². The van der Waals surface area contributed by atoms with E-state index in [9.17, 15) is 14.4 Å². The molecule has 8 nitrogen and oxygen atoms in total. The fraction of sp³-hybridized carbons (Fsp3) is 0.700. The summed E-state index contributed by atoms with van der Waals surface area (Å²) in [4.78, 5) is 39.0. The molecule has 1 aliphatic heterocycles. The highest BCUT2D eigenvalue weighted by Gasteiger charge is 2.52. The fourth-order valence-corrected chi connectivity index (χ4v) is 4.58. The van der Waals surface area contributed by atoms with Crippen LogP contribution in [0, 0.1) is 11.8 Å². The van der Waals surface area contributed by atoms with Gasteiger partial charge in [0.15, 0.2) is 0 Å². The molecule has 2 N–H and O–H groups in total. The third-order valence-corrected chi connectivity index (χ3v) is 6.71. The number of aromatic nitrogens is 2. The maximum absolute atomic E-state index is 12.9. The van der Waals surface area contributed by atoms with Crippen molar-refractivity contribution in [3.05, 3.63) is 12.3 Å². The van der Waals surface area contributed by atoms with Crippen LogP contribution in [0.25, 0.3) is 0 Å². The van der Waals surface area contributed by atoms with Crippen LogP contribution < -0.4 is 10.6 Å². The van der Waals surface area contributed by atoms with Crippen LogP contribution in [-0.4, -0.2) is 44.6 Å². The normalized spacial score (nSPS) is 28.5. The van der Waals surface area contributed by atoms with Gasteiger partial charge in [0, 0.05) is 6.07 Å². The number of carbonyl (C=O) groups is 3. The summed E-state index contributed by atoms with van der Waals surface area (Å²) in [5, 5.41) is 10.0. The van der Waals surface area contributed by atoms with E-state index in [0.717, 1.165) is 24.2 Å². The maximum Gasteiger partial charge on any atom is 0.325 e. The number of anilines is 1. The average Bonchev–Trinajstić information content (AvgIpc) is 3.40. The van der Waals surface area contributed by atoms with E-state index in [4.69, 9.17) is 0 Å². The van der Waals surface area contributed by atoms with Crippen molar-refractivity contribution in [3.8, 4) is 0 Å². The van der Waals surface area contributed by atoms with Crippen molar-refractivity contribution in [2.45, 2.75) is 70.4 Å². The molecule has 1 atom stereocenters. The third kappa shape index (κ3) is 3.40.